The Balaban J connectivity index is 1.80. The van der Waals surface area contributed by atoms with E-state index < -0.39 is 0 Å². The van der Waals surface area contributed by atoms with Crippen LogP contribution in [-0.2, 0) is 0 Å². The van der Waals surface area contributed by atoms with Crippen LogP contribution in [0.4, 0.5) is 5.69 Å². The van der Waals surface area contributed by atoms with E-state index in [1.54, 1.807) is 0 Å². The molecule has 3 nitrogen and oxygen atoms in total. The molecule has 1 heterocycles. The molecule has 0 saturated carbocycles. The van der Waals surface area contributed by atoms with Crippen LogP contribution in [-0.4, -0.2) is 37.6 Å². The molecule has 0 aliphatic carbocycles. The van der Waals surface area contributed by atoms with Crippen molar-refractivity contribution in [2.45, 2.75) is 13.3 Å². The molecule has 0 N–H and O–H groups in total. The van der Waals surface area contributed by atoms with Crippen LogP contribution in [0.3, 0.4) is 0 Å². The Morgan fingerprint density at radius 1 is 1.17 bits per heavy atom. The van der Waals surface area contributed by atoms with E-state index in [-0.39, 0.29) is 0 Å². The molecule has 96 valence electrons. The Labute approximate surface area is 110 Å². The molecule has 0 spiro atoms. The lowest BCUT2D eigenvalue weighted by atomic mass is 10.1. The summed E-state index contributed by atoms with van der Waals surface area (Å²) in [6.07, 6.45) is 0.666. The average molecular weight is 243 g/mol. The summed E-state index contributed by atoms with van der Waals surface area (Å²) in [6.45, 7) is 7.59. The van der Waals surface area contributed by atoms with Gasteiger partial charge in [-0.15, -0.1) is 0 Å². The first kappa shape index (κ1) is 12.9. The van der Waals surface area contributed by atoms with Crippen LogP contribution >= 0.6 is 0 Å². The smallest absolute Gasteiger partial charge is 0.0625 e. The molecule has 0 amide bonds. The summed E-state index contributed by atoms with van der Waals surface area (Å²) in [5, 5.41) is 8.68. The fraction of sp³-hybridized carbons (Fsp3) is 0.533. The minimum absolute atomic E-state index is 0.485. The highest BCUT2D eigenvalue weighted by Crippen LogP contribution is 2.16. The van der Waals surface area contributed by atoms with Crippen LogP contribution in [0.2, 0.25) is 0 Å². The van der Waals surface area contributed by atoms with Gasteiger partial charge in [0.2, 0.25) is 0 Å². The van der Waals surface area contributed by atoms with Gasteiger partial charge >= 0.3 is 0 Å². The van der Waals surface area contributed by atoms with Gasteiger partial charge in [0.15, 0.2) is 0 Å². The second-order valence-electron chi connectivity index (χ2n) is 5.09. The zero-order valence-corrected chi connectivity index (χ0v) is 11.0. The lowest BCUT2D eigenvalue weighted by Gasteiger charge is -2.37. The van der Waals surface area contributed by atoms with Gasteiger partial charge in [0.1, 0.15) is 0 Å². The van der Waals surface area contributed by atoms with Gasteiger partial charge in [-0.05, 0) is 18.1 Å². The van der Waals surface area contributed by atoms with Crippen molar-refractivity contribution in [3.63, 3.8) is 0 Å². The maximum absolute atomic E-state index is 8.68. The number of piperazine rings is 1. The highest BCUT2D eigenvalue weighted by molar-refractivity contribution is 5.46. The van der Waals surface area contributed by atoms with Crippen molar-refractivity contribution in [3.05, 3.63) is 30.3 Å². The van der Waals surface area contributed by atoms with Crippen molar-refractivity contribution in [1.82, 2.24) is 4.90 Å². The van der Waals surface area contributed by atoms with Gasteiger partial charge in [-0.2, -0.15) is 5.26 Å². The number of rotatable bonds is 4. The maximum atomic E-state index is 8.68. The molecule has 1 aliphatic rings. The summed E-state index contributed by atoms with van der Waals surface area (Å²) in [7, 11) is 0. The van der Waals surface area contributed by atoms with E-state index in [0.29, 0.717) is 12.3 Å². The van der Waals surface area contributed by atoms with E-state index in [0.717, 1.165) is 32.7 Å². The fourth-order valence-electron chi connectivity index (χ4n) is 2.49. The van der Waals surface area contributed by atoms with Gasteiger partial charge < -0.3 is 4.90 Å². The Morgan fingerprint density at radius 2 is 1.83 bits per heavy atom. The fourth-order valence-corrected chi connectivity index (χ4v) is 2.49. The standard InChI is InChI=1S/C15H21N3/c1-14(7-8-16)13-17-9-11-18(12-10-17)15-5-3-2-4-6-15/h2-6,14H,7,9-13H2,1H3/t14-/m1/s1. The number of nitrogens with zero attached hydrogens (tertiary/aromatic N) is 3. The summed E-state index contributed by atoms with van der Waals surface area (Å²) in [5.41, 5.74) is 1.32. The van der Waals surface area contributed by atoms with Crippen molar-refractivity contribution in [3.8, 4) is 6.07 Å². The summed E-state index contributed by atoms with van der Waals surface area (Å²) in [5.74, 6) is 0.485. The lowest BCUT2D eigenvalue weighted by molar-refractivity contribution is 0.226. The Bertz CT molecular complexity index is 388. The van der Waals surface area contributed by atoms with Crippen LogP contribution in [0.15, 0.2) is 30.3 Å². The number of anilines is 1. The van der Waals surface area contributed by atoms with Crippen LogP contribution in [0.25, 0.3) is 0 Å². The molecule has 0 radical (unpaired) electrons. The molecule has 3 heteroatoms. The monoisotopic (exact) mass is 243 g/mol. The lowest BCUT2D eigenvalue weighted by Crippen LogP contribution is -2.47. The molecule has 0 aromatic heterocycles. The molecule has 1 aliphatic heterocycles. The molecule has 0 bridgehead atoms. The first-order valence-corrected chi connectivity index (χ1v) is 6.69. The van der Waals surface area contributed by atoms with Crippen LogP contribution in [0.5, 0.6) is 0 Å². The number of benzene rings is 1. The van der Waals surface area contributed by atoms with Gasteiger partial charge in [0.05, 0.1) is 6.07 Å². The first-order valence-electron chi connectivity index (χ1n) is 6.69. The molecule has 18 heavy (non-hydrogen) atoms. The van der Waals surface area contributed by atoms with E-state index in [1.807, 2.05) is 0 Å². The van der Waals surface area contributed by atoms with E-state index in [1.165, 1.54) is 5.69 Å². The molecule has 1 aromatic carbocycles. The zero-order valence-electron chi connectivity index (χ0n) is 11.0. The minimum atomic E-state index is 0.485. The zero-order chi connectivity index (χ0) is 12.8. The van der Waals surface area contributed by atoms with E-state index in [2.05, 4.69) is 53.1 Å². The van der Waals surface area contributed by atoms with Crippen molar-refractivity contribution < 1.29 is 0 Å². The average Bonchev–Trinajstić information content (AvgIpc) is 2.41. The number of nitriles is 1. The van der Waals surface area contributed by atoms with Gasteiger partial charge in [-0.3, -0.25) is 4.90 Å². The molecule has 2 rings (SSSR count). The second kappa shape index (κ2) is 6.42. The first-order chi connectivity index (χ1) is 8.79. The van der Waals surface area contributed by atoms with Gasteiger partial charge in [0, 0.05) is 44.8 Å². The van der Waals surface area contributed by atoms with Crippen molar-refractivity contribution >= 4 is 5.69 Å². The largest absolute Gasteiger partial charge is 0.369 e. The van der Waals surface area contributed by atoms with E-state index >= 15 is 0 Å². The van der Waals surface area contributed by atoms with Gasteiger partial charge in [0.25, 0.3) is 0 Å². The van der Waals surface area contributed by atoms with Gasteiger partial charge in [-0.1, -0.05) is 25.1 Å². The second-order valence-corrected chi connectivity index (χ2v) is 5.09. The van der Waals surface area contributed by atoms with Crippen molar-refractivity contribution in [2.24, 2.45) is 5.92 Å². The van der Waals surface area contributed by atoms with E-state index in [9.17, 15) is 0 Å². The predicted molar refractivity (Wildman–Crippen MR) is 74.5 cm³/mol. The molecule has 1 aromatic rings. The molecule has 0 unspecified atom stereocenters. The van der Waals surface area contributed by atoms with Crippen LogP contribution < -0.4 is 4.90 Å². The predicted octanol–water partition coefficient (Wildman–Crippen LogP) is 2.36. The Morgan fingerprint density at radius 3 is 2.44 bits per heavy atom. The molecular formula is C15H21N3. The molecular weight excluding hydrogens is 222 g/mol. The summed E-state index contributed by atoms with van der Waals surface area (Å²) < 4.78 is 0. The number of para-hydroxylation sites is 1. The highest BCUT2D eigenvalue weighted by Gasteiger charge is 2.18. The van der Waals surface area contributed by atoms with Crippen LogP contribution in [0.1, 0.15) is 13.3 Å². The molecule has 1 saturated heterocycles. The number of hydrogen-bond acceptors (Lipinski definition) is 3. The van der Waals surface area contributed by atoms with Crippen molar-refractivity contribution in [2.75, 3.05) is 37.6 Å². The third-order valence-electron chi connectivity index (χ3n) is 3.50. The van der Waals surface area contributed by atoms with Crippen molar-refractivity contribution in [1.29, 1.82) is 5.26 Å². The summed E-state index contributed by atoms with van der Waals surface area (Å²) in [6, 6.07) is 12.9. The normalized spacial score (nSPS) is 18.3. The maximum Gasteiger partial charge on any atom is 0.0625 e. The summed E-state index contributed by atoms with van der Waals surface area (Å²) in [4.78, 5) is 4.91. The molecule has 1 fully saturated rings. The third kappa shape index (κ3) is 3.48. The number of hydrogen-bond donors (Lipinski definition) is 0. The highest BCUT2D eigenvalue weighted by atomic mass is 15.3. The Kier molecular flexibility index (Phi) is 4.60. The third-order valence-corrected chi connectivity index (χ3v) is 3.50. The SMILES string of the molecule is C[C@H](CC#N)CN1CCN(c2ccccc2)CC1. The van der Waals surface area contributed by atoms with Crippen LogP contribution in [0, 0.1) is 17.2 Å². The molecule has 1 atom stereocenters. The topological polar surface area (TPSA) is 30.3 Å². The Hall–Kier alpha value is -1.53. The van der Waals surface area contributed by atoms with Gasteiger partial charge in [-0.25, -0.2) is 0 Å². The minimum Gasteiger partial charge on any atom is -0.369 e. The quantitative estimate of drug-likeness (QED) is 0.813. The van der Waals surface area contributed by atoms with E-state index in [4.69, 9.17) is 5.26 Å². The summed E-state index contributed by atoms with van der Waals surface area (Å²) >= 11 is 0.